The van der Waals surface area contributed by atoms with E-state index in [2.05, 4.69) is 60.3 Å². The first-order valence-electron chi connectivity index (χ1n) is 11.1. The molecule has 2 aromatic carbocycles. The summed E-state index contributed by atoms with van der Waals surface area (Å²) >= 11 is 1.49. The van der Waals surface area contributed by atoms with E-state index in [0.29, 0.717) is 6.61 Å². The monoisotopic (exact) mass is 451 g/mol. The number of carbonyl (C=O) groups excluding carboxylic acids is 1. The van der Waals surface area contributed by atoms with Crippen molar-refractivity contribution in [2.24, 2.45) is 0 Å². The van der Waals surface area contributed by atoms with Gasteiger partial charge in [-0.1, -0.05) is 67.6 Å². The van der Waals surface area contributed by atoms with Crippen LogP contribution in [-0.4, -0.2) is 12.6 Å². The molecule has 0 spiro atoms. The number of hydrogen-bond acceptors (Lipinski definition) is 3. The van der Waals surface area contributed by atoms with Crippen LogP contribution < -0.4 is 0 Å². The van der Waals surface area contributed by atoms with Gasteiger partial charge in [0.05, 0.1) is 13.2 Å². The molecule has 33 heavy (non-hydrogen) atoms. The molecule has 3 aromatic rings. The van der Waals surface area contributed by atoms with Gasteiger partial charge in [-0.05, 0) is 75.8 Å². The zero-order valence-electron chi connectivity index (χ0n) is 18.8. The van der Waals surface area contributed by atoms with Crippen LogP contribution in [0.25, 0.3) is 28.1 Å². The van der Waals surface area contributed by atoms with Crippen molar-refractivity contribution in [3.8, 4) is 0 Å². The van der Waals surface area contributed by atoms with Crippen LogP contribution in [0.2, 0.25) is 0 Å². The molecule has 3 nitrogen and oxygen atoms in total. The average Bonchev–Trinajstić information content (AvgIpc) is 3.48. The minimum atomic E-state index is -0.339. The van der Waals surface area contributed by atoms with Crippen molar-refractivity contribution in [1.29, 1.82) is 0 Å². The Labute approximate surface area is 199 Å². The summed E-state index contributed by atoms with van der Waals surface area (Å²) in [5.74, 6) is -0.339. The first-order valence-corrected chi connectivity index (χ1v) is 11.9. The standard InChI is InChI=1S/C29H25NO2S/c1-4-25(26-16-17-33-29(26)30-3)28(24-18-22-8-6-7-9-23(22)19-24)21-13-10-20(11-14-21)12-15-27(31)32-5-2/h6-18H,4-5,19H2,1-2H3/b15-12+,28-25+. The van der Waals surface area contributed by atoms with Crippen LogP contribution in [0.15, 0.2) is 71.6 Å². The van der Waals surface area contributed by atoms with E-state index in [9.17, 15) is 4.79 Å². The van der Waals surface area contributed by atoms with Crippen LogP contribution in [-0.2, 0) is 16.0 Å². The number of allylic oxidation sites excluding steroid dienone is 3. The van der Waals surface area contributed by atoms with Gasteiger partial charge in [0.25, 0.3) is 0 Å². The smallest absolute Gasteiger partial charge is 0.330 e. The minimum Gasteiger partial charge on any atom is -0.463 e. The highest BCUT2D eigenvalue weighted by Crippen LogP contribution is 2.43. The Bertz CT molecular complexity index is 1300. The number of nitrogens with zero attached hydrogens (tertiary/aromatic N) is 1. The molecule has 0 amide bonds. The number of rotatable bonds is 7. The maximum absolute atomic E-state index is 11.6. The average molecular weight is 452 g/mol. The number of benzene rings is 2. The van der Waals surface area contributed by atoms with E-state index in [1.165, 1.54) is 45.3 Å². The third-order valence-electron chi connectivity index (χ3n) is 5.71. The lowest BCUT2D eigenvalue weighted by Crippen LogP contribution is -1.98. The molecule has 0 saturated heterocycles. The summed E-state index contributed by atoms with van der Waals surface area (Å²) in [7, 11) is 0. The van der Waals surface area contributed by atoms with E-state index >= 15 is 0 Å². The van der Waals surface area contributed by atoms with Crippen LogP contribution >= 0.6 is 11.3 Å². The molecule has 0 N–H and O–H groups in total. The highest BCUT2D eigenvalue weighted by molar-refractivity contribution is 7.14. The summed E-state index contributed by atoms with van der Waals surface area (Å²) in [6.07, 6.45) is 7.20. The molecule has 0 bridgehead atoms. The van der Waals surface area contributed by atoms with E-state index in [-0.39, 0.29) is 5.97 Å². The summed E-state index contributed by atoms with van der Waals surface area (Å²) in [5, 5.41) is 2.73. The maximum atomic E-state index is 11.6. The highest BCUT2D eigenvalue weighted by Gasteiger charge is 2.22. The Kier molecular flexibility index (Phi) is 7.02. The maximum Gasteiger partial charge on any atom is 0.330 e. The number of carbonyl (C=O) groups is 1. The fourth-order valence-electron chi connectivity index (χ4n) is 4.23. The van der Waals surface area contributed by atoms with Crippen molar-refractivity contribution in [1.82, 2.24) is 0 Å². The van der Waals surface area contributed by atoms with E-state index in [0.717, 1.165) is 34.5 Å². The van der Waals surface area contributed by atoms with E-state index in [4.69, 9.17) is 11.3 Å². The summed E-state index contributed by atoms with van der Waals surface area (Å²) in [6, 6.07) is 18.8. The predicted octanol–water partition coefficient (Wildman–Crippen LogP) is 7.84. The van der Waals surface area contributed by atoms with Gasteiger partial charge in [-0.3, -0.25) is 0 Å². The molecule has 0 aliphatic heterocycles. The molecule has 0 atom stereocenters. The van der Waals surface area contributed by atoms with Crippen molar-refractivity contribution in [3.63, 3.8) is 0 Å². The molecule has 164 valence electrons. The van der Waals surface area contributed by atoms with Crippen molar-refractivity contribution < 1.29 is 9.53 Å². The van der Waals surface area contributed by atoms with Crippen molar-refractivity contribution >= 4 is 45.6 Å². The van der Waals surface area contributed by atoms with Crippen LogP contribution in [0.3, 0.4) is 0 Å². The Morgan fingerprint density at radius 3 is 2.61 bits per heavy atom. The number of hydrogen-bond donors (Lipinski definition) is 0. The number of thiophene rings is 1. The van der Waals surface area contributed by atoms with Gasteiger partial charge in [-0.25, -0.2) is 9.64 Å². The zero-order chi connectivity index (χ0) is 23.2. The number of fused-ring (bicyclic) bond motifs is 1. The second-order valence-electron chi connectivity index (χ2n) is 7.71. The lowest BCUT2D eigenvalue weighted by atomic mass is 9.87. The van der Waals surface area contributed by atoms with Crippen LogP contribution in [0, 0.1) is 6.57 Å². The van der Waals surface area contributed by atoms with Gasteiger partial charge >= 0.3 is 5.97 Å². The largest absolute Gasteiger partial charge is 0.463 e. The normalized spacial score (nSPS) is 13.3. The molecule has 1 heterocycles. The number of esters is 1. The van der Waals surface area contributed by atoms with Gasteiger partial charge in [0.2, 0.25) is 5.00 Å². The molecule has 0 radical (unpaired) electrons. The van der Waals surface area contributed by atoms with Gasteiger partial charge in [-0.15, -0.1) is 0 Å². The Hall–Kier alpha value is -3.68. The van der Waals surface area contributed by atoms with Crippen molar-refractivity contribution in [2.75, 3.05) is 6.61 Å². The zero-order valence-corrected chi connectivity index (χ0v) is 19.6. The van der Waals surface area contributed by atoms with Gasteiger partial charge in [-0.2, -0.15) is 11.3 Å². The van der Waals surface area contributed by atoms with E-state index in [1.54, 1.807) is 13.0 Å². The minimum absolute atomic E-state index is 0.339. The van der Waals surface area contributed by atoms with Crippen LogP contribution in [0.5, 0.6) is 0 Å². The fourth-order valence-corrected chi connectivity index (χ4v) is 4.93. The molecule has 4 rings (SSSR count). The molecule has 1 aromatic heterocycles. The lowest BCUT2D eigenvalue weighted by Gasteiger charge is -2.17. The molecule has 1 aliphatic rings. The topological polar surface area (TPSA) is 30.7 Å². The molecule has 0 unspecified atom stereocenters. The first kappa shape index (κ1) is 22.5. The Balaban J connectivity index is 1.79. The fraction of sp³-hybridized carbons (Fsp3) is 0.172. The van der Waals surface area contributed by atoms with Crippen LogP contribution in [0.1, 0.15) is 48.1 Å². The molecule has 0 saturated carbocycles. The lowest BCUT2D eigenvalue weighted by molar-refractivity contribution is -0.137. The summed E-state index contributed by atoms with van der Waals surface area (Å²) in [5.41, 5.74) is 9.30. The molecule has 0 fully saturated rings. The SMILES string of the molecule is [C-]#[N+]c1sccc1/C(CC)=C(/C1=Cc2ccccc2C1)c1ccc(/C=C/C(=O)OCC)cc1. The van der Waals surface area contributed by atoms with Gasteiger partial charge < -0.3 is 4.74 Å². The van der Waals surface area contributed by atoms with Crippen LogP contribution in [0.4, 0.5) is 5.00 Å². The summed E-state index contributed by atoms with van der Waals surface area (Å²) < 4.78 is 4.97. The quantitative estimate of drug-likeness (QED) is 0.208. The number of ether oxygens (including phenoxy) is 1. The second kappa shape index (κ2) is 10.3. The predicted molar refractivity (Wildman–Crippen MR) is 138 cm³/mol. The third-order valence-corrected chi connectivity index (χ3v) is 6.52. The van der Waals surface area contributed by atoms with Gasteiger partial charge in [0.15, 0.2) is 0 Å². The summed E-state index contributed by atoms with van der Waals surface area (Å²) in [6.45, 7) is 11.9. The Morgan fingerprint density at radius 1 is 1.12 bits per heavy atom. The highest BCUT2D eigenvalue weighted by atomic mass is 32.1. The molecule has 4 heteroatoms. The molecular weight excluding hydrogens is 426 g/mol. The van der Waals surface area contributed by atoms with Crippen molar-refractivity contribution in [3.05, 3.63) is 111 Å². The van der Waals surface area contributed by atoms with E-state index in [1.807, 2.05) is 17.5 Å². The van der Waals surface area contributed by atoms with Crippen molar-refractivity contribution in [2.45, 2.75) is 26.7 Å². The van der Waals surface area contributed by atoms with Gasteiger partial charge in [0.1, 0.15) is 0 Å². The third kappa shape index (κ3) is 4.89. The summed E-state index contributed by atoms with van der Waals surface area (Å²) in [4.78, 5) is 15.4. The van der Waals surface area contributed by atoms with E-state index < -0.39 is 0 Å². The van der Waals surface area contributed by atoms with Gasteiger partial charge in [0, 0.05) is 6.08 Å². The first-order chi connectivity index (χ1) is 16.1. The molecular formula is C29H25NO2S. The Morgan fingerprint density at radius 2 is 1.91 bits per heavy atom. The molecule has 1 aliphatic carbocycles. The second-order valence-corrected chi connectivity index (χ2v) is 8.61.